The number of para-hydroxylation sites is 1. The maximum atomic E-state index is 14.0. The summed E-state index contributed by atoms with van der Waals surface area (Å²) in [5.74, 6) is -1.81. The molecule has 0 atom stereocenters. The first-order valence-corrected chi connectivity index (χ1v) is 11.9. The van der Waals surface area contributed by atoms with E-state index >= 15 is 0 Å². The van der Waals surface area contributed by atoms with E-state index in [4.69, 9.17) is 4.42 Å². The van der Waals surface area contributed by atoms with Crippen LogP contribution < -0.4 is 10.2 Å². The molecule has 4 aromatic rings. The fourth-order valence-electron chi connectivity index (χ4n) is 4.48. The van der Waals surface area contributed by atoms with E-state index in [-0.39, 0.29) is 11.1 Å². The lowest BCUT2D eigenvalue weighted by molar-refractivity contribution is 0.0189. The molecular formula is C27H28F2N6O. The monoisotopic (exact) mass is 490 g/mol. The van der Waals surface area contributed by atoms with Gasteiger partial charge in [-0.25, -0.2) is 23.7 Å². The van der Waals surface area contributed by atoms with E-state index in [1.165, 1.54) is 18.1 Å². The lowest BCUT2D eigenvalue weighted by Gasteiger charge is -2.36. The zero-order valence-electron chi connectivity index (χ0n) is 20.5. The van der Waals surface area contributed by atoms with Crippen LogP contribution in [-0.2, 0) is 5.92 Å². The number of benzene rings is 2. The van der Waals surface area contributed by atoms with Gasteiger partial charge in [0.05, 0.1) is 5.52 Å². The quantitative estimate of drug-likeness (QED) is 0.366. The second-order valence-electron chi connectivity index (χ2n) is 9.07. The zero-order chi connectivity index (χ0) is 25.3. The summed E-state index contributed by atoms with van der Waals surface area (Å²) in [5, 5.41) is 3.84. The van der Waals surface area contributed by atoms with Crippen LogP contribution in [0.2, 0.25) is 0 Å². The van der Waals surface area contributed by atoms with E-state index in [0.717, 1.165) is 50.1 Å². The molecule has 2 aromatic carbocycles. The van der Waals surface area contributed by atoms with Crippen molar-refractivity contribution < 1.29 is 13.2 Å². The van der Waals surface area contributed by atoms with Crippen LogP contribution in [0, 0.1) is 6.92 Å². The molecule has 1 saturated heterocycles. The molecule has 0 saturated carbocycles. The van der Waals surface area contributed by atoms with Crippen molar-refractivity contribution in [1.82, 2.24) is 19.9 Å². The Hall–Kier alpha value is -4.01. The summed E-state index contributed by atoms with van der Waals surface area (Å²) < 4.78 is 33.4. The average Bonchev–Trinajstić information content (AvgIpc) is 3.30. The van der Waals surface area contributed by atoms with Gasteiger partial charge in [-0.1, -0.05) is 24.3 Å². The molecule has 0 aliphatic carbocycles. The van der Waals surface area contributed by atoms with Crippen LogP contribution in [0.25, 0.3) is 22.2 Å². The number of oxazole rings is 1. The number of aromatic nitrogens is 3. The Balaban J connectivity index is 1.23. The van der Waals surface area contributed by atoms with Crippen LogP contribution in [0.5, 0.6) is 0 Å². The maximum absolute atomic E-state index is 14.0. The van der Waals surface area contributed by atoms with Crippen molar-refractivity contribution in [2.75, 3.05) is 36.4 Å². The predicted molar refractivity (Wildman–Crippen MR) is 137 cm³/mol. The zero-order valence-corrected chi connectivity index (χ0v) is 20.5. The van der Waals surface area contributed by atoms with Crippen LogP contribution in [0.3, 0.4) is 0 Å². The van der Waals surface area contributed by atoms with Crippen molar-refractivity contribution in [3.05, 3.63) is 78.4 Å². The van der Waals surface area contributed by atoms with Gasteiger partial charge in [-0.3, -0.25) is 0 Å². The number of halogens is 2. The first-order chi connectivity index (χ1) is 17.3. The number of nitrogens with one attached hydrogen (secondary N) is 1. The lowest BCUT2D eigenvalue weighted by Crippen LogP contribution is -2.44. The summed E-state index contributed by atoms with van der Waals surface area (Å²) in [6.45, 7) is 8.16. The van der Waals surface area contributed by atoms with Crippen molar-refractivity contribution in [2.45, 2.75) is 26.7 Å². The molecule has 1 aliphatic rings. The van der Waals surface area contributed by atoms with E-state index in [9.17, 15) is 8.78 Å². The molecule has 0 radical (unpaired) electrons. The van der Waals surface area contributed by atoms with Crippen molar-refractivity contribution >= 4 is 22.4 Å². The number of hydrogen-bond donors (Lipinski definition) is 1. The van der Waals surface area contributed by atoms with Crippen molar-refractivity contribution in [3.8, 4) is 11.3 Å². The van der Waals surface area contributed by atoms with Crippen LogP contribution in [0.4, 0.5) is 20.3 Å². The molecule has 0 unspecified atom stereocenters. The normalized spacial score (nSPS) is 15.0. The van der Waals surface area contributed by atoms with Gasteiger partial charge in [-0.2, -0.15) is 0 Å². The van der Waals surface area contributed by atoms with E-state index in [2.05, 4.69) is 60.5 Å². The number of nitrogens with zero attached hydrogens (tertiary/aromatic N) is 5. The number of fused-ring (bicyclic) bond motifs is 1. The molecular weight excluding hydrogens is 462 g/mol. The Morgan fingerprint density at radius 2 is 1.81 bits per heavy atom. The molecule has 0 amide bonds. The molecule has 5 rings (SSSR count). The first-order valence-electron chi connectivity index (χ1n) is 11.9. The number of hydrogen-bond acceptors (Lipinski definition) is 7. The highest BCUT2D eigenvalue weighted by atomic mass is 19.3. The fourth-order valence-corrected chi connectivity index (χ4v) is 4.48. The van der Waals surface area contributed by atoms with Gasteiger partial charge >= 0.3 is 0 Å². The molecule has 2 aromatic heterocycles. The van der Waals surface area contributed by atoms with Crippen molar-refractivity contribution in [2.24, 2.45) is 0 Å². The van der Waals surface area contributed by atoms with E-state index in [1.807, 2.05) is 13.8 Å². The first kappa shape index (κ1) is 23.7. The summed E-state index contributed by atoms with van der Waals surface area (Å²) in [7, 11) is 0. The molecule has 1 fully saturated rings. The van der Waals surface area contributed by atoms with Crippen molar-refractivity contribution in [3.63, 3.8) is 0 Å². The Morgan fingerprint density at radius 3 is 2.47 bits per heavy atom. The number of anilines is 2. The topological polar surface area (TPSA) is 70.3 Å². The van der Waals surface area contributed by atoms with Gasteiger partial charge in [0.2, 0.25) is 0 Å². The highest BCUT2D eigenvalue weighted by molar-refractivity contribution is 5.91. The second-order valence-corrected chi connectivity index (χ2v) is 9.07. The number of rotatable bonds is 6. The SMILES string of the molecule is C/C(=C\N1CCN(c2ccc(-c3coc(C)n3)cc2)CC1)Nc1ncnc2c(C(C)(F)F)cccc12. The van der Waals surface area contributed by atoms with Gasteiger partial charge < -0.3 is 19.5 Å². The van der Waals surface area contributed by atoms with Crippen LogP contribution in [-0.4, -0.2) is 46.0 Å². The van der Waals surface area contributed by atoms with E-state index in [0.29, 0.717) is 17.1 Å². The average molecular weight is 491 g/mol. The summed E-state index contributed by atoms with van der Waals surface area (Å²) in [6.07, 6.45) is 5.05. The Labute approximate surface area is 208 Å². The molecule has 9 heteroatoms. The van der Waals surface area contributed by atoms with Crippen LogP contribution in [0.15, 0.2) is 71.4 Å². The third kappa shape index (κ3) is 5.00. The van der Waals surface area contributed by atoms with E-state index < -0.39 is 5.92 Å². The van der Waals surface area contributed by atoms with Gasteiger partial charge in [0.25, 0.3) is 5.92 Å². The van der Waals surface area contributed by atoms with Gasteiger partial charge in [0, 0.05) is 74.1 Å². The standard InChI is InChI=1S/C27H28F2N6O/c1-18(32-26-22-5-4-6-23(27(3,28)29)25(22)30-17-31-26)15-34-11-13-35(14-12-34)21-9-7-20(8-10-21)24-16-36-19(2)33-24/h4-10,15-17H,11-14H2,1-3H3,(H,30,31,32)/b18-15+. The van der Waals surface area contributed by atoms with Gasteiger partial charge in [-0.15, -0.1) is 0 Å². The minimum absolute atomic E-state index is 0.104. The summed E-state index contributed by atoms with van der Waals surface area (Å²) >= 11 is 0. The smallest absolute Gasteiger partial charge is 0.272 e. The van der Waals surface area contributed by atoms with Gasteiger partial charge in [0.15, 0.2) is 5.89 Å². The minimum atomic E-state index is -2.98. The molecule has 186 valence electrons. The van der Waals surface area contributed by atoms with Gasteiger partial charge in [-0.05, 0) is 25.1 Å². The second kappa shape index (κ2) is 9.56. The van der Waals surface area contributed by atoms with E-state index in [1.54, 1.807) is 18.4 Å². The lowest BCUT2D eigenvalue weighted by atomic mass is 10.1. The number of alkyl halides is 2. The molecule has 36 heavy (non-hydrogen) atoms. The highest BCUT2D eigenvalue weighted by Crippen LogP contribution is 2.33. The Bertz CT molecular complexity index is 1390. The van der Waals surface area contributed by atoms with Gasteiger partial charge in [0.1, 0.15) is 24.1 Å². The minimum Gasteiger partial charge on any atom is -0.449 e. The summed E-state index contributed by atoms with van der Waals surface area (Å²) in [4.78, 5) is 17.4. The summed E-state index contributed by atoms with van der Waals surface area (Å²) in [6, 6.07) is 13.1. The fraction of sp³-hybridized carbons (Fsp3) is 0.296. The Morgan fingerprint density at radius 1 is 1.06 bits per heavy atom. The van der Waals surface area contributed by atoms with Crippen LogP contribution in [0.1, 0.15) is 25.3 Å². The predicted octanol–water partition coefficient (Wildman–Crippen LogP) is 5.80. The highest BCUT2D eigenvalue weighted by Gasteiger charge is 2.27. The maximum Gasteiger partial charge on any atom is 0.272 e. The molecule has 1 N–H and O–H groups in total. The number of piperazine rings is 1. The largest absolute Gasteiger partial charge is 0.449 e. The number of allylic oxidation sites excluding steroid dienone is 1. The number of aryl methyl sites for hydroxylation is 1. The van der Waals surface area contributed by atoms with Crippen LogP contribution >= 0.6 is 0 Å². The molecule has 7 nitrogen and oxygen atoms in total. The van der Waals surface area contributed by atoms with Crippen molar-refractivity contribution in [1.29, 1.82) is 0 Å². The third-order valence-corrected chi connectivity index (χ3v) is 6.29. The Kier molecular flexibility index (Phi) is 6.30. The molecule has 0 bridgehead atoms. The third-order valence-electron chi connectivity index (χ3n) is 6.29. The molecule has 3 heterocycles. The molecule has 0 spiro atoms. The summed E-state index contributed by atoms with van der Waals surface area (Å²) in [5.41, 5.74) is 4.08. The molecule has 1 aliphatic heterocycles.